The molecule has 0 bridgehead atoms. The Morgan fingerprint density at radius 3 is 2.79 bits per heavy atom. The fraction of sp³-hybridized carbons (Fsp3) is 0.222. The van der Waals surface area contributed by atoms with Gasteiger partial charge in [-0.15, -0.1) is 0 Å². The predicted molar refractivity (Wildman–Crippen MR) is 88.3 cm³/mol. The van der Waals surface area contributed by atoms with Crippen LogP contribution in [0, 0.1) is 0 Å². The van der Waals surface area contributed by atoms with Crippen LogP contribution in [-0.2, 0) is 13.1 Å². The number of fused-ring (bicyclic) bond motifs is 1. The average Bonchev–Trinajstić information content (AvgIpc) is 3.30. The van der Waals surface area contributed by atoms with Crippen molar-refractivity contribution in [3.8, 4) is 0 Å². The van der Waals surface area contributed by atoms with Crippen molar-refractivity contribution in [2.24, 2.45) is 0 Å². The average molecular weight is 322 g/mol. The maximum absolute atomic E-state index is 12.5. The predicted octanol–water partition coefficient (Wildman–Crippen LogP) is 1.95. The van der Waals surface area contributed by atoms with Gasteiger partial charge in [0.15, 0.2) is 0 Å². The zero-order valence-electron chi connectivity index (χ0n) is 13.1. The highest BCUT2D eigenvalue weighted by molar-refractivity contribution is 5.94. The van der Waals surface area contributed by atoms with E-state index in [0.29, 0.717) is 30.9 Å². The number of benzene rings is 1. The molecule has 6 nitrogen and oxygen atoms in total. The third kappa shape index (κ3) is 2.61. The number of rotatable bonds is 3. The van der Waals surface area contributed by atoms with Crippen LogP contribution in [-0.4, -0.2) is 37.2 Å². The Morgan fingerprint density at radius 1 is 1.21 bits per heavy atom. The molecule has 1 atom stereocenters. The Morgan fingerprint density at radius 2 is 2.04 bits per heavy atom. The first-order valence-electron chi connectivity index (χ1n) is 7.94. The van der Waals surface area contributed by atoms with Gasteiger partial charge in [-0.2, -0.15) is 5.10 Å². The highest BCUT2D eigenvalue weighted by Gasteiger charge is 2.25. The second-order valence-electron chi connectivity index (χ2n) is 5.92. The van der Waals surface area contributed by atoms with Crippen molar-refractivity contribution in [2.75, 3.05) is 6.54 Å². The van der Waals surface area contributed by atoms with Gasteiger partial charge in [-0.25, -0.2) is 0 Å². The molecule has 0 spiro atoms. The molecule has 0 fully saturated rings. The summed E-state index contributed by atoms with van der Waals surface area (Å²) < 4.78 is 1.88. The normalized spacial score (nSPS) is 15.1. The molecule has 3 aromatic rings. The monoisotopic (exact) mass is 322 g/mol. The van der Waals surface area contributed by atoms with Gasteiger partial charge < -0.3 is 15.0 Å². The summed E-state index contributed by atoms with van der Waals surface area (Å²) in [6.07, 6.45) is 2.70. The van der Waals surface area contributed by atoms with Gasteiger partial charge >= 0.3 is 0 Å². The van der Waals surface area contributed by atoms with E-state index in [2.05, 4.69) is 10.1 Å². The molecule has 4 rings (SSSR count). The number of hydrogen-bond acceptors (Lipinski definition) is 3. The van der Waals surface area contributed by atoms with E-state index in [1.807, 2.05) is 41.1 Å². The molecule has 1 aliphatic heterocycles. The highest BCUT2D eigenvalue weighted by atomic mass is 16.3. The van der Waals surface area contributed by atoms with Gasteiger partial charge in [-0.1, -0.05) is 30.3 Å². The largest absolute Gasteiger partial charge is 0.382 e. The van der Waals surface area contributed by atoms with Crippen molar-refractivity contribution < 1.29 is 9.90 Å². The first kappa shape index (κ1) is 14.7. The van der Waals surface area contributed by atoms with Crippen molar-refractivity contribution in [1.29, 1.82) is 0 Å². The quantitative estimate of drug-likeness (QED) is 0.774. The Labute approximate surface area is 139 Å². The number of aromatic amines is 1. The molecule has 6 heteroatoms. The van der Waals surface area contributed by atoms with Crippen molar-refractivity contribution in [3.05, 3.63) is 77.4 Å². The number of carbonyl (C=O) groups is 1. The first-order chi connectivity index (χ1) is 11.7. The molecule has 24 heavy (non-hydrogen) atoms. The van der Waals surface area contributed by atoms with Gasteiger partial charge in [-0.3, -0.25) is 9.48 Å². The summed E-state index contributed by atoms with van der Waals surface area (Å²) in [5, 5.41) is 15.0. The van der Waals surface area contributed by atoms with Crippen molar-refractivity contribution in [1.82, 2.24) is 19.7 Å². The molecule has 122 valence electrons. The number of carbonyl (C=O) groups excluding carboxylic acids is 1. The molecular formula is C18H18N4O2. The Hall–Kier alpha value is -2.86. The van der Waals surface area contributed by atoms with Crippen LogP contribution in [0.5, 0.6) is 0 Å². The van der Waals surface area contributed by atoms with Crippen LogP contribution in [0.15, 0.2) is 54.9 Å². The van der Waals surface area contributed by atoms with Crippen molar-refractivity contribution in [3.63, 3.8) is 0 Å². The van der Waals surface area contributed by atoms with Crippen molar-refractivity contribution >= 4 is 5.91 Å². The number of aromatic nitrogens is 3. The fourth-order valence-electron chi connectivity index (χ4n) is 3.04. The van der Waals surface area contributed by atoms with Crippen LogP contribution in [0.2, 0.25) is 0 Å². The maximum Gasteiger partial charge on any atom is 0.255 e. The third-order valence-electron chi connectivity index (χ3n) is 4.34. The minimum atomic E-state index is -0.752. The number of nitrogens with zero attached hydrogens (tertiary/aromatic N) is 3. The minimum absolute atomic E-state index is 0.00820. The summed E-state index contributed by atoms with van der Waals surface area (Å²) in [7, 11) is 0. The van der Waals surface area contributed by atoms with Gasteiger partial charge in [0.1, 0.15) is 6.10 Å². The molecule has 2 N–H and O–H groups in total. The first-order valence-corrected chi connectivity index (χ1v) is 7.94. The molecular weight excluding hydrogens is 304 g/mol. The zero-order chi connectivity index (χ0) is 16.5. The van der Waals surface area contributed by atoms with Crippen LogP contribution >= 0.6 is 0 Å². The molecule has 0 saturated carbocycles. The van der Waals surface area contributed by atoms with Gasteiger partial charge in [0, 0.05) is 18.9 Å². The molecule has 2 aromatic heterocycles. The molecule has 0 saturated heterocycles. The lowest BCUT2D eigenvalue weighted by Gasteiger charge is -2.27. The van der Waals surface area contributed by atoms with E-state index in [9.17, 15) is 9.90 Å². The Kier molecular flexibility index (Phi) is 3.66. The summed E-state index contributed by atoms with van der Waals surface area (Å²) >= 11 is 0. The maximum atomic E-state index is 12.5. The van der Waals surface area contributed by atoms with E-state index >= 15 is 0 Å². The molecule has 0 aliphatic carbocycles. The number of H-pyrrole nitrogens is 1. The zero-order valence-corrected chi connectivity index (χ0v) is 13.1. The van der Waals surface area contributed by atoms with Gasteiger partial charge in [0.2, 0.25) is 0 Å². The smallest absolute Gasteiger partial charge is 0.255 e. The Bertz CT molecular complexity index is 839. The lowest BCUT2D eigenvalue weighted by Crippen LogP contribution is -2.38. The van der Waals surface area contributed by atoms with Gasteiger partial charge in [0.05, 0.1) is 30.0 Å². The van der Waals surface area contributed by atoms with E-state index in [0.717, 1.165) is 11.3 Å². The van der Waals surface area contributed by atoms with Crippen molar-refractivity contribution in [2.45, 2.75) is 19.2 Å². The molecule has 1 amide bonds. The fourth-order valence-corrected chi connectivity index (χ4v) is 3.04. The van der Waals surface area contributed by atoms with E-state index in [-0.39, 0.29) is 5.91 Å². The standard InChI is InChI=1S/C18H18N4O2/c23-17(13-4-2-1-3-5-13)16-10-15-12-21(8-9-22(15)20-16)18(24)14-6-7-19-11-14/h1-7,10-11,17,19,23H,8-9,12H2. The summed E-state index contributed by atoms with van der Waals surface area (Å²) in [4.78, 5) is 17.2. The Balaban J connectivity index is 1.55. The lowest BCUT2D eigenvalue weighted by molar-refractivity contribution is 0.0706. The van der Waals surface area contributed by atoms with E-state index in [1.54, 1.807) is 23.4 Å². The summed E-state index contributed by atoms with van der Waals surface area (Å²) in [5.41, 5.74) is 3.03. The number of hydrogen-bond donors (Lipinski definition) is 2. The van der Waals surface area contributed by atoms with Gasteiger partial charge in [-0.05, 0) is 17.7 Å². The van der Waals surface area contributed by atoms with Crippen LogP contribution in [0.1, 0.15) is 33.4 Å². The lowest BCUT2D eigenvalue weighted by atomic mass is 10.1. The molecule has 1 unspecified atom stereocenters. The van der Waals surface area contributed by atoms with Crippen LogP contribution in [0.25, 0.3) is 0 Å². The summed E-state index contributed by atoms with van der Waals surface area (Å²) in [6.45, 7) is 1.74. The summed E-state index contributed by atoms with van der Waals surface area (Å²) in [5.74, 6) is 0.00820. The number of amides is 1. The van der Waals surface area contributed by atoms with E-state index < -0.39 is 6.10 Å². The summed E-state index contributed by atoms with van der Waals surface area (Å²) in [6, 6.07) is 13.1. The number of aliphatic hydroxyl groups excluding tert-OH is 1. The van der Waals surface area contributed by atoms with E-state index in [4.69, 9.17) is 0 Å². The number of nitrogens with one attached hydrogen (secondary N) is 1. The topological polar surface area (TPSA) is 74.2 Å². The molecule has 0 radical (unpaired) electrons. The van der Waals surface area contributed by atoms with Crippen LogP contribution in [0.4, 0.5) is 0 Å². The van der Waals surface area contributed by atoms with E-state index in [1.165, 1.54) is 0 Å². The van der Waals surface area contributed by atoms with Gasteiger partial charge in [0.25, 0.3) is 5.91 Å². The molecule has 3 heterocycles. The second-order valence-corrected chi connectivity index (χ2v) is 5.92. The highest BCUT2D eigenvalue weighted by Crippen LogP contribution is 2.24. The number of aliphatic hydroxyl groups is 1. The second kappa shape index (κ2) is 5.98. The molecule has 1 aromatic carbocycles. The van der Waals surface area contributed by atoms with Crippen LogP contribution in [0.3, 0.4) is 0 Å². The third-order valence-corrected chi connectivity index (χ3v) is 4.34. The minimum Gasteiger partial charge on any atom is -0.382 e. The van der Waals surface area contributed by atoms with Crippen LogP contribution < -0.4 is 0 Å². The SMILES string of the molecule is O=C(c1cc[nH]c1)N1CCn2nc(C(O)c3ccccc3)cc2C1. The molecule has 1 aliphatic rings.